The normalized spacial score (nSPS) is 10.5. The smallest absolute Gasteiger partial charge is 0.135 e. The van der Waals surface area contributed by atoms with Crippen LogP contribution in [0, 0.1) is 12.3 Å². The van der Waals surface area contributed by atoms with Gasteiger partial charge >= 0.3 is 0 Å². The van der Waals surface area contributed by atoms with Crippen molar-refractivity contribution in [2.24, 2.45) is 0 Å². The molecule has 0 aliphatic carbocycles. The largest absolute Gasteiger partial charge is 0.367 e. The van der Waals surface area contributed by atoms with Crippen LogP contribution >= 0.6 is 0 Å². The van der Waals surface area contributed by atoms with Crippen molar-refractivity contribution < 1.29 is 0 Å². The fraction of sp³-hybridized carbons (Fsp3) is 0.250. The predicted octanol–water partition coefficient (Wildman–Crippen LogP) is 3.63. The molecule has 3 nitrogen and oxygen atoms in total. The SMILES string of the molecule is Cc1ccccc1C(=N)c1cccnc1NC(C)C. The molecule has 2 aromatic rings. The molecule has 0 atom stereocenters. The number of hydrogen-bond donors (Lipinski definition) is 2. The second-order valence-corrected chi connectivity index (χ2v) is 4.89. The van der Waals surface area contributed by atoms with E-state index in [1.165, 1.54) is 0 Å². The van der Waals surface area contributed by atoms with E-state index in [1.807, 2.05) is 43.3 Å². The van der Waals surface area contributed by atoms with Gasteiger partial charge in [0.1, 0.15) is 5.82 Å². The van der Waals surface area contributed by atoms with Crippen LogP contribution in [0.15, 0.2) is 42.6 Å². The van der Waals surface area contributed by atoms with Crippen molar-refractivity contribution in [1.29, 1.82) is 5.41 Å². The van der Waals surface area contributed by atoms with E-state index in [1.54, 1.807) is 6.20 Å². The number of rotatable bonds is 4. The summed E-state index contributed by atoms with van der Waals surface area (Å²) in [4.78, 5) is 4.34. The molecule has 19 heavy (non-hydrogen) atoms. The van der Waals surface area contributed by atoms with Gasteiger partial charge in [-0.2, -0.15) is 0 Å². The van der Waals surface area contributed by atoms with Crippen molar-refractivity contribution >= 4 is 11.5 Å². The van der Waals surface area contributed by atoms with E-state index >= 15 is 0 Å². The Morgan fingerprint density at radius 2 is 1.79 bits per heavy atom. The lowest BCUT2D eigenvalue weighted by Gasteiger charge is -2.15. The first-order chi connectivity index (χ1) is 9.09. The molecule has 1 aromatic heterocycles. The van der Waals surface area contributed by atoms with Gasteiger partial charge in [0.05, 0.1) is 5.71 Å². The summed E-state index contributed by atoms with van der Waals surface area (Å²) >= 11 is 0. The highest BCUT2D eigenvalue weighted by molar-refractivity contribution is 6.14. The van der Waals surface area contributed by atoms with Crippen LogP contribution in [0.3, 0.4) is 0 Å². The van der Waals surface area contributed by atoms with Crippen LogP contribution < -0.4 is 5.32 Å². The van der Waals surface area contributed by atoms with E-state index in [0.29, 0.717) is 11.8 Å². The molecule has 1 aromatic carbocycles. The maximum Gasteiger partial charge on any atom is 0.135 e. The second kappa shape index (κ2) is 5.65. The van der Waals surface area contributed by atoms with Crippen LogP contribution in [-0.2, 0) is 0 Å². The van der Waals surface area contributed by atoms with Gasteiger partial charge in [0.2, 0.25) is 0 Å². The lowest BCUT2D eigenvalue weighted by atomic mass is 9.99. The molecule has 3 heteroatoms. The minimum absolute atomic E-state index is 0.290. The minimum Gasteiger partial charge on any atom is -0.367 e. The first kappa shape index (κ1) is 13.3. The van der Waals surface area contributed by atoms with E-state index in [0.717, 1.165) is 22.5 Å². The Morgan fingerprint density at radius 1 is 1.11 bits per heavy atom. The van der Waals surface area contributed by atoms with Crippen molar-refractivity contribution in [3.8, 4) is 0 Å². The van der Waals surface area contributed by atoms with Crippen LogP contribution in [0.5, 0.6) is 0 Å². The molecule has 2 rings (SSSR count). The van der Waals surface area contributed by atoms with Gasteiger partial charge in [0, 0.05) is 23.4 Å². The quantitative estimate of drug-likeness (QED) is 0.817. The molecule has 0 fully saturated rings. The number of anilines is 1. The van der Waals surface area contributed by atoms with Crippen LogP contribution in [0.1, 0.15) is 30.5 Å². The van der Waals surface area contributed by atoms with Crippen molar-refractivity contribution in [2.45, 2.75) is 26.8 Å². The van der Waals surface area contributed by atoms with Gasteiger partial charge < -0.3 is 5.32 Å². The highest BCUT2D eigenvalue weighted by atomic mass is 15.0. The van der Waals surface area contributed by atoms with Crippen LogP contribution in [0.2, 0.25) is 0 Å². The van der Waals surface area contributed by atoms with E-state index in [9.17, 15) is 0 Å². The molecule has 0 radical (unpaired) electrons. The highest BCUT2D eigenvalue weighted by Crippen LogP contribution is 2.19. The molecule has 1 heterocycles. The lowest BCUT2D eigenvalue weighted by Crippen LogP contribution is -2.15. The third-order valence-electron chi connectivity index (χ3n) is 2.92. The maximum absolute atomic E-state index is 8.42. The Labute approximate surface area is 114 Å². The first-order valence-electron chi connectivity index (χ1n) is 6.46. The Morgan fingerprint density at radius 3 is 2.47 bits per heavy atom. The molecule has 2 N–H and O–H groups in total. The zero-order valence-electron chi connectivity index (χ0n) is 11.6. The molecular formula is C16H19N3. The van der Waals surface area contributed by atoms with Gasteiger partial charge in [-0.25, -0.2) is 4.98 Å². The fourth-order valence-electron chi connectivity index (χ4n) is 1.99. The summed E-state index contributed by atoms with van der Waals surface area (Å²) in [7, 11) is 0. The summed E-state index contributed by atoms with van der Waals surface area (Å²) in [5.41, 5.74) is 3.40. The summed E-state index contributed by atoms with van der Waals surface area (Å²) in [6, 6.07) is 12.0. The molecular weight excluding hydrogens is 234 g/mol. The average molecular weight is 253 g/mol. The Hall–Kier alpha value is -2.16. The van der Waals surface area contributed by atoms with E-state index in [4.69, 9.17) is 5.41 Å². The molecule has 0 aliphatic rings. The molecule has 0 spiro atoms. The van der Waals surface area contributed by atoms with E-state index < -0.39 is 0 Å². The third kappa shape index (κ3) is 2.99. The molecule has 0 aliphatic heterocycles. The first-order valence-corrected chi connectivity index (χ1v) is 6.46. The number of aryl methyl sites for hydroxylation is 1. The molecule has 0 saturated heterocycles. The van der Waals surface area contributed by atoms with Gasteiger partial charge in [0.15, 0.2) is 0 Å². The number of aromatic nitrogens is 1. The molecule has 0 amide bonds. The van der Waals surface area contributed by atoms with E-state index in [-0.39, 0.29) is 0 Å². The van der Waals surface area contributed by atoms with Gasteiger partial charge in [-0.15, -0.1) is 0 Å². The fourth-order valence-corrected chi connectivity index (χ4v) is 1.99. The Balaban J connectivity index is 2.42. The monoisotopic (exact) mass is 253 g/mol. The number of pyridine rings is 1. The summed E-state index contributed by atoms with van der Waals surface area (Å²) in [5.74, 6) is 0.769. The summed E-state index contributed by atoms with van der Waals surface area (Å²) in [6.45, 7) is 6.15. The Kier molecular flexibility index (Phi) is 3.95. The highest BCUT2D eigenvalue weighted by Gasteiger charge is 2.12. The van der Waals surface area contributed by atoms with Crippen LogP contribution in [0.25, 0.3) is 0 Å². The zero-order valence-corrected chi connectivity index (χ0v) is 11.6. The topological polar surface area (TPSA) is 48.8 Å². The molecule has 0 unspecified atom stereocenters. The van der Waals surface area contributed by atoms with Gasteiger partial charge in [-0.1, -0.05) is 24.3 Å². The van der Waals surface area contributed by atoms with Crippen molar-refractivity contribution in [3.63, 3.8) is 0 Å². The third-order valence-corrected chi connectivity index (χ3v) is 2.92. The number of nitrogens with one attached hydrogen (secondary N) is 2. The molecule has 98 valence electrons. The summed E-state index contributed by atoms with van der Waals surface area (Å²) < 4.78 is 0. The maximum atomic E-state index is 8.42. The Bertz CT molecular complexity index is 588. The van der Waals surface area contributed by atoms with Gasteiger partial charge in [-0.3, -0.25) is 5.41 Å². The van der Waals surface area contributed by atoms with Crippen LogP contribution in [0.4, 0.5) is 5.82 Å². The second-order valence-electron chi connectivity index (χ2n) is 4.89. The summed E-state index contributed by atoms with van der Waals surface area (Å²) in [5, 5.41) is 11.7. The van der Waals surface area contributed by atoms with Gasteiger partial charge in [0.25, 0.3) is 0 Å². The molecule has 0 bridgehead atoms. The van der Waals surface area contributed by atoms with E-state index in [2.05, 4.69) is 24.1 Å². The number of hydrogen-bond acceptors (Lipinski definition) is 3. The molecule has 0 saturated carbocycles. The number of benzene rings is 1. The van der Waals surface area contributed by atoms with Crippen molar-refractivity contribution in [2.75, 3.05) is 5.32 Å². The zero-order chi connectivity index (χ0) is 13.8. The average Bonchev–Trinajstić information content (AvgIpc) is 2.38. The number of nitrogens with zero attached hydrogens (tertiary/aromatic N) is 1. The predicted molar refractivity (Wildman–Crippen MR) is 80.1 cm³/mol. The summed E-state index contributed by atoms with van der Waals surface area (Å²) in [6.07, 6.45) is 1.75. The van der Waals surface area contributed by atoms with Crippen molar-refractivity contribution in [3.05, 3.63) is 59.3 Å². The lowest BCUT2D eigenvalue weighted by molar-refractivity contribution is 0.888. The van der Waals surface area contributed by atoms with Crippen LogP contribution in [-0.4, -0.2) is 16.7 Å². The minimum atomic E-state index is 0.290. The van der Waals surface area contributed by atoms with Crippen molar-refractivity contribution in [1.82, 2.24) is 4.98 Å². The van der Waals surface area contributed by atoms with Gasteiger partial charge in [-0.05, 0) is 38.5 Å². The standard InChI is InChI=1S/C16H19N3/c1-11(2)19-16-14(9-6-10-18-16)15(17)13-8-5-4-7-12(13)3/h4-11,17H,1-3H3,(H,18,19).